The Morgan fingerprint density at radius 1 is 0.923 bits per heavy atom. The third-order valence-corrected chi connectivity index (χ3v) is 4.11. The lowest BCUT2D eigenvalue weighted by Crippen LogP contribution is -2.28. The fraction of sp³-hybridized carbons (Fsp3) is 0.0476. The van der Waals surface area contributed by atoms with Gasteiger partial charge in [-0.2, -0.15) is 0 Å². The second kappa shape index (κ2) is 7.11. The smallest absolute Gasteiger partial charge is 0.319 e. The molecule has 0 radical (unpaired) electrons. The maximum absolute atomic E-state index is 12.3. The van der Waals surface area contributed by atoms with Crippen molar-refractivity contribution < 1.29 is 4.79 Å². The Labute approximate surface area is 151 Å². The number of amides is 2. The number of anilines is 1. The van der Waals surface area contributed by atoms with Gasteiger partial charge >= 0.3 is 6.03 Å². The van der Waals surface area contributed by atoms with Crippen molar-refractivity contribution in [1.29, 1.82) is 0 Å². The average Bonchev–Trinajstić information content (AvgIpc) is 3.12. The monoisotopic (exact) mass is 342 g/mol. The zero-order valence-electron chi connectivity index (χ0n) is 14.1. The minimum Gasteiger partial charge on any atom is -0.334 e. The lowest BCUT2D eigenvalue weighted by atomic mass is 10.1. The standard InChI is InChI=1S/C21H18N4O/c26-21(22-14-16-8-2-1-3-9-16)24-18-11-5-4-10-17(18)19-15-25-13-7-6-12-20(25)23-19/h1-13,15H,14H2,(H2,22,24,26). The first-order chi connectivity index (χ1) is 12.8. The van der Waals surface area contributed by atoms with Crippen LogP contribution in [0.1, 0.15) is 5.56 Å². The van der Waals surface area contributed by atoms with Crippen LogP contribution < -0.4 is 10.6 Å². The minimum atomic E-state index is -0.245. The highest BCUT2D eigenvalue weighted by Gasteiger charge is 2.11. The number of nitrogens with zero attached hydrogens (tertiary/aromatic N) is 2. The van der Waals surface area contributed by atoms with Gasteiger partial charge in [-0.05, 0) is 23.8 Å². The van der Waals surface area contributed by atoms with Crippen LogP contribution in [0.4, 0.5) is 10.5 Å². The molecule has 0 saturated carbocycles. The van der Waals surface area contributed by atoms with Gasteiger partial charge in [0.1, 0.15) is 5.65 Å². The van der Waals surface area contributed by atoms with Crippen molar-refractivity contribution in [2.45, 2.75) is 6.54 Å². The van der Waals surface area contributed by atoms with Gasteiger partial charge < -0.3 is 15.0 Å². The van der Waals surface area contributed by atoms with Gasteiger partial charge in [-0.15, -0.1) is 0 Å². The molecular weight excluding hydrogens is 324 g/mol. The van der Waals surface area contributed by atoms with E-state index in [0.717, 1.165) is 28.2 Å². The Morgan fingerprint density at radius 3 is 2.54 bits per heavy atom. The summed E-state index contributed by atoms with van der Waals surface area (Å²) < 4.78 is 1.96. The van der Waals surface area contributed by atoms with Gasteiger partial charge in [0.05, 0.1) is 11.4 Å². The molecule has 0 fully saturated rings. The second-order valence-electron chi connectivity index (χ2n) is 5.93. The zero-order chi connectivity index (χ0) is 17.8. The molecule has 2 amide bonds. The molecule has 2 heterocycles. The van der Waals surface area contributed by atoms with Crippen molar-refractivity contribution in [3.05, 3.63) is 90.8 Å². The van der Waals surface area contributed by atoms with E-state index in [9.17, 15) is 4.79 Å². The molecule has 2 aromatic carbocycles. The Bertz CT molecular complexity index is 1010. The van der Waals surface area contributed by atoms with Crippen LogP contribution in [0.3, 0.4) is 0 Å². The molecule has 5 heteroatoms. The second-order valence-corrected chi connectivity index (χ2v) is 5.93. The van der Waals surface area contributed by atoms with Crippen molar-refractivity contribution >= 4 is 17.4 Å². The molecule has 128 valence electrons. The first-order valence-electron chi connectivity index (χ1n) is 8.41. The molecule has 0 spiro atoms. The number of fused-ring (bicyclic) bond motifs is 1. The highest BCUT2D eigenvalue weighted by atomic mass is 16.2. The minimum absolute atomic E-state index is 0.245. The molecule has 5 nitrogen and oxygen atoms in total. The van der Waals surface area contributed by atoms with E-state index >= 15 is 0 Å². The molecule has 0 bridgehead atoms. The Hall–Kier alpha value is -3.60. The van der Waals surface area contributed by atoms with Crippen LogP contribution in [0.5, 0.6) is 0 Å². The SMILES string of the molecule is O=C(NCc1ccccc1)Nc1ccccc1-c1cn2ccccc2n1. The number of urea groups is 1. The lowest BCUT2D eigenvalue weighted by Gasteiger charge is -2.11. The van der Waals surface area contributed by atoms with E-state index in [4.69, 9.17) is 0 Å². The van der Waals surface area contributed by atoms with Gasteiger partial charge in [0, 0.05) is 24.5 Å². The fourth-order valence-corrected chi connectivity index (χ4v) is 2.82. The average molecular weight is 342 g/mol. The topological polar surface area (TPSA) is 58.4 Å². The lowest BCUT2D eigenvalue weighted by molar-refractivity contribution is 0.252. The summed E-state index contributed by atoms with van der Waals surface area (Å²) >= 11 is 0. The number of aromatic nitrogens is 2. The number of carbonyl (C=O) groups is 1. The highest BCUT2D eigenvalue weighted by Crippen LogP contribution is 2.27. The van der Waals surface area contributed by atoms with Crippen LogP contribution in [0.25, 0.3) is 16.9 Å². The molecule has 0 aliphatic rings. The van der Waals surface area contributed by atoms with Crippen LogP contribution in [-0.4, -0.2) is 15.4 Å². The molecule has 0 aliphatic heterocycles. The van der Waals surface area contributed by atoms with Crippen LogP contribution in [0, 0.1) is 0 Å². The summed E-state index contributed by atoms with van der Waals surface area (Å²) in [4.78, 5) is 16.9. The van der Waals surface area contributed by atoms with E-state index in [-0.39, 0.29) is 6.03 Å². The number of hydrogen-bond acceptors (Lipinski definition) is 2. The molecule has 2 N–H and O–H groups in total. The molecule has 4 aromatic rings. The predicted molar refractivity (Wildman–Crippen MR) is 103 cm³/mol. The summed E-state index contributed by atoms with van der Waals surface area (Å²) in [6, 6.07) is 23.1. The number of imidazole rings is 1. The molecule has 0 aliphatic carbocycles. The normalized spacial score (nSPS) is 10.6. The third-order valence-electron chi connectivity index (χ3n) is 4.11. The first-order valence-corrected chi connectivity index (χ1v) is 8.41. The van der Waals surface area contributed by atoms with Gasteiger partial charge in [0.25, 0.3) is 0 Å². The fourth-order valence-electron chi connectivity index (χ4n) is 2.82. The van der Waals surface area contributed by atoms with Gasteiger partial charge in [-0.3, -0.25) is 0 Å². The predicted octanol–water partition coefficient (Wildman–Crippen LogP) is 4.32. The van der Waals surface area contributed by atoms with Crippen molar-refractivity contribution in [3.8, 4) is 11.3 Å². The van der Waals surface area contributed by atoms with Gasteiger partial charge in [0.15, 0.2) is 0 Å². The number of rotatable bonds is 4. The summed E-state index contributed by atoms with van der Waals surface area (Å²) in [6.45, 7) is 0.475. The number of carbonyl (C=O) groups excluding carboxylic acids is 1. The Morgan fingerprint density at radius 2 is 1.69 bits per heavy atom. The quantitative estimate of drug-likeness (QED) is 0.580. The number of para-hydroxylation sites is 1. The Kier molecular flexibility index (Phi) is 4.35. The van der Waals surface area contributed by atoms with Gasteiger partial charge in [-0.1, -0.05) is 54.6 Å². The highest BCUT2D eigenvalue weighted by molar-refractivity contribution is 5.94. The van der Waals surface area contributed by atoms with Crippen molar-refractivity contribution in [2.75, 3.05) is 5.32 Å². The number of nitrogens with one attached hydrogen (secondary N) is 2. The largest absolute Gasteiger partial charge is 0.334 e. The molecule has 0 atom stereocenters. The molecule has 0 saturated heterocycles. The number of pyridine rings is 1. The van der Waals surface area contributed by atoms with E-state index in [0.29, 0.717) is 6.54 Å². The maximum atomic E-state index is 12.3. The van der Waals surface area contributed by atoms with Crippen molar-refractivity contribution in [3.63, 3.8) is 0 Å². The molecule has 26 heavy (non-hydrogen) atoms. The summed E-state index contributed by atoms with van der Waals surface area (Å²) in [5.74, 6) is 0. The summed E-state index contributed by atoms with van der Waals surface area (Å²) in [7, 11) is 0. The Balaban J connectivity index is 1.53. The molecule has 4 rings (SSSR count). The van der Waals surface area contributed by atoms with E-state index < -0.39 is 0 Å². The van der Waals surface area contributed by atoms with Gasteiger partial charge in [-0.25, -0.2) is 9.78 Å². The summed E-state index contributed by atoms with van der Waals surface area (Å²) in [6.07, 6.45) is 3.91. The molecule has 2 aromatic heterocycles. The molecule has 0 unspecified atom stereocenters. The first kappa shape index (κ1) is 15.9. The zero-order valence-corrected chi connectivity index (χ0v) is 14.1. The van der Waals surface area contributed by atoms with Crippen LogP contribution >= 0.6 is 0 Å². The third kappa shape index (κ3) is 3.42. The number of hydrogen-bond donors (Lipinski definition) is 2. The number of benzene rings is 2. The summed E-state index contributed by atoms with van der Waals surface area (Å²) in [5.41, 5.74) is 4.34. The van der Waals surface area contributed by atoms with Crippen molar-refractivity contribution in [1.82, 2.24) is 14.7 Å². The van der Waals surface area contributed by atoms with Gasteiger partial charge in [0.2, 0.25) is 0 Å². The molecular formula is C21H18N4O. The summed E-state index contributed by atoms with van der Waals surface area (Å²) in [5, 5.41) is 5.80. The van der Waals surface area contributed by atoms with Crippen LogP contribution in [0.2, 0.25) is 0 Å². The van der Waals surface area contributed by atoms with Crippen LogP contribution in [0.15, 0.2) is 85.2 Å². The van der Waals surface area contributed by atoms with E-state index in [1.54, 1.807) is 0 Å². The maximum Gasteiger partial charge on any atom is 0.319 e. The van der Waals surface area contributed by atoms with E-state index in [1.807, 2.05) is 89.6 Å². The van der Waals surface area contributed by atoms with Crippen LogP contribution in [-0.2, 0) is 6.54 Å². The van der Waals surface area contributed by atoms with E-state index in [2.05, 4.69) is 15.6 Å². The van der Waals surface area contributed by atoms with Crippen molar-refractivity contribution in [2.24, 2.45) is 0 Å². The van der Waals surface area contributed by atoms with E-state index in [1.165, 1.54) is 0 Å².